The molecule has 8 heteroatoms. The second-order valence-electron chi connectivity index (χ2n) is 6.44. The van der Waals surface area contributed by atoms with Gasteiger partial charge >= 0.3 is 6.03 Å². The molecule has 0 spiro atoms. The van der Waals surface area contributed by atoms with Crippen molar-refractivity contribution in [1.29, 1.82) is 0 Å². The molecule has 0 aliphatic rings. The first-order chi connectivity index (χ1) is 14.4. The van der Waals surface area contributed by atoms with E-state index in [1.54, 1.807) is 29.4 Å². The molecule has 2 aromatic carbocycles. The van der Waals surface area contributed by atoms with Crippen LogP contribution < -0.4 is 4.74 Å². The van der Waals surface area contributed by atoms with E-state index in [1.165, 1.54) is 16.5 Å². The van der Waals surface area contributed by atoms with Crippen LogP contribution in [0.5, 0.6) is 5.75 Å². The summed E-state index contributed by atoms with van der Waals surface area (Å²) in [5.41, 5.74) is 1.32. The van der Waals surface area contributed by atoms with Gasteiger partial charge in [-0.2, -0.15) is 0 Å². The normalized spacial score (nSPS) is 10.2. The Balaban J connectivity index is 0.000000386. The number of hydrogen-bond donors (Lipinski definition) is 0. The Hall–Kier alpha value is -2.21. The van der Waals surface area contributed by atoms with Gasteiger partial charge in [-0.15, -0.1) is 0 Å². The molecule has 30 heavy (non-hydrogen) atoms. The third-order valence-electron chi connectivity index (χ3n) is 4.00. The third-order valence-corrected chi connectivity index (χ3v) is 4.78. The number of carbonyl (C=O) groups is 1. The number of benzene rings is 2. The number of hydrogen-bond acceptors (Lipinski definition) is 3. The molecule has 0 radical (unpaired) electrons. The van der Waals surface area contributed by atoms with Crippen molar-refractivity contribution in [3.8, 4) is 5.75 Å². The van der Waals surface area contributed by atoms with Gasteiger partial charge in [-0.3, -0.25) is 4.57 Å². The molecular formula is C22H24Cl3N3O2. The molecular weight excluding hydrogens is 445 g/mol. The van der Waals surface area contributed by atoms with Gasteiger partial charge in [-0.1, -0.05) is 77.6 Å². The van der Waals surface area contributed by atoms with Crippen LogP contribution in [0.3, 0.4) is 0 Å². The van der Waals surface area contributed by atoms with Crippen molar-refractivity contribution in [2.45, 2.75) is 20.3 Å². The summed E-state index contributed by atoms with van der Waals surface area (Å²) in [4.78, 5) is 17.9. The predicted octanol–water partition coefficient (Wildman–Crippen LogP) is 6.60. The van der Waals surface area contributed by atoms with E-state index in [0.717, 1.165) is 6.42 Å². The third kappa shape index (κ3) is 7.56. The van der Waals surface area contributed by atoms with Gasteiger partial charge in [0, 0.05) is 24.0 Å². The minimum atomic E-state index is -0.152. The number of halogens is 3. The molecule has 0 N–H and O–H groups in total. The summed E-state index contributed by atoms with van der Waals surface area (Å²) in [5.74, 6) is 0.365. The standard InChI is InChI=1S/C15H16Cl3N3O2.C7H8/c1-2-4-20(15(22)21-5-3-19-10-21)6-7-23-14-12(17)8-11(16)9-13(14)18;1-7-5-3-2-4-6-7/h3,5,8-10H,2,4,6-7H2,1H3;2-6H,1H3. The van der Waals surface area contributed by atoms with Crippen LogP contribution in [0.25, 0.3) is 0 Å². The Morgan fingerprint density at radius 2 is 1.77 bits per heavy atom. The number of ether oxygens (including phenoxy) is 1. The van der Waals surface area contributed by atoms with Crippen molar-refractivity contribution in [2.75, 3.05) is 19.7 Å². The van der Waals surface area contributed by atoms with Crippen molar-refractivity contribution >= 4 is 40.8 Å². The number of rotatable bonds is 6. The van der Waals surface area contributed by atoms with Crippen LogP contribution in [-0.2, 0) is 0 Å². The zero-order chi connectivity index (χ0) is 21.9. The molecule has 0 unspecified atom stereocenters. The molecule has 0 atom stereocenters. The smallest absolute Gasteiger partial charge is 0.329 e. The molecule has 0 aliphatic carbocycles. The van der Waals surface area contributed by atoms with Crippen molar-refractivity contribution in [2.24, 2.45) is 0 Å². The summed E-state index contributed by atoms with van der Waals surface area (Å²) < 4.78 is 7.05. The summed E-state index contributed by atoms with van der Waals surface area (Å²) in [6.07, 6.45) is 5.48. The van der Waals surface area contributed by atoms with Gasteiger partial charge in [0.25, 0.3) is 0 Å². The highest BCUT2D eigenvalue weighted by Gasteiger charge is 2.15. The zero-order valence-electron chi connectivity index (χ0n) is 16.9. The molecule has 1 aromatic heterocycles. The fourth-order valence-electron chi connectivity index (χ4n) is 2.57. The maximum absolute atomic E-state index is 12.3. The lowest BCUT2D eigenvalue weighted by Crippen LogP contribution is -2.37. The largest absolute Gasteiger partial charge is 0.489 e. The fourth-order valence-corrected chi connectivity index (χ4v) is 3.49. The second-order valence-corrected chi connectivity index (χ2v) is 7.69. The monoisotopic (exact) mass is 467 g/mol. The Morgan fingerprint density at radius 3 is 2.27 bits per heavy atom. The SMILES string of the molecule is CCCN(CCOc1c(Cl)cc(Cl)cc1Cl)C(=O)n1ccnc1.Cc1ccccc1. The molecule has 5 nitrogen and oxygen atoms in total. The summed E-state index contributed by atoms with van der Waals surface area (Å²) >= 11 is 18.0. The average molecular weight is 469 g/mol. The van der Waals surface area contributed by atoms with E-state index in [0.29, 0.717) is 33.9 Å². The summed E-state index contributed by atoms with van der Waals surface area (Å²) in [6, 6.07) is 13.2. The van der Waals surface area contributed by atoms with Gasteiger partial charge in [0.05, 0.1) is 16.6 Å². The first kappa shape index (κ1) is 24.1. The second kappa shape index (κ2) is 12.5. The highest BCUT2D eigenvalue weighted by Crippen LogP contribution is 2.35. The van der Waals surface area contributed by atoms with Gasteiger partial charge in [0.15, 0.2) is 5.75 Å². The van der Waals surface area contributed by atoms with Gasteiger partial charge in [0.1, 0.15) is 12.9 Å². The first-order valence-electron chi connectivity index (χ1n) is 9.48. The van der Waals surface area contributed by atoms with E-state index >= 15 is 0 Å². The lowest BCUT2D eigenvalue weighted by atomic mass is 10.2. The molecule has 0 bridgehead atoms. The van der Waals surface area contributed by atoms with E-state index in [1.807, 2.05) is 25.1 Å². The number of aryl methyl sites for hydroxylation is 1. The van der Waals surface area contributed by atoms with Gasteiger partial charge in [0.2, 0.25) is 0 Å². The van der Waals surface area contributed by atoms with Crippen molar-refractivity contribution in [3.05, 3.63) is 81.8 Å². The van der Waals surface area contributed by atoms with Crippen molar-refractivity contribution in [3.63, 3.8) is 0 Å². The van der Waals surface area contributed by atoms with Crippen LogP contribution >= 0.6 is 34.8 Å². The maximum Gasteiger partial charge on any atom is 0.329 e. The molecule has 160 valence electrons. The fraction of sp³-hybridized carbons (Fsp3) is 0.273. The molecule has 1 amide bonds. The Bertz CT molecular complexity index is 896. The molecule has 0 fully saturated rings. The zero-order valence-corrected chi connectivity index (χ0v) is 19.2. The minimum absolute atomic E-state index is 0.152. The summed E-state index contributed by atoms with van der Waals surface area (Å²) in [7, 11) is 0. The Morgan fingerprint density at radius 1 is 1.10 bits per heavy atom. The molecule has 0 saturated heterocycles. The number of carbonyl (C=O) groups excluding carboxylic acids is 1. The van der Waals surface area contributed by atoms with E-state index in [-0.39, 0.29) is 12.6 Å². The predicted molar refractivity (Wildman–Crippen MR) is 123 cm³/mol. The van der Waals surface area contributed by atoms with Crippen molar-refractivity contribution < 1.29 is 9.53 Å². The van der Waals surface area contributed by atoms with Crippen LogP contribution in [0, 0.1) is 6.92 Å². The number of aromatic nitrogens is 2. The average Bonchev–Trinajstić information content (AvgIpc) is 3.24. The lowest BCUT2D eigenvalue weighted by molar-refractivity contribution is 0.184. The van der Waals surface area contributed by atoms with Gasteiger partial charge in [-0.05, 0) is 25.5 Å². The number of nitrogens with zero attached hydrogens (tertiary/aromatic N) is 3. The topological polar surface area (TPSA) is 47.4 Å². The molecule has 0 saturated carbocycles. The summed E-state index contributed by atoms with van der Waals surface area (Å²) in [6.45, 7) is 5.37. The number of amides is 1. The number of imidazole rings is 1. The van der Waals surface area contributed by atoms with Gasteiger partial charge in [-0.25, -0.2) is 9.78 Å². The van der Waals surface area contributed by atoms with E-state index in [2.05, 4.69) is 24.0 Å². The highest BCUT2D eigenvalue weighted by atomic mass is 35.5. The van der Waals surface area contributed by atoms with E-state index in [9.17, 15) is 4.79 Å². The van der Waals surface area contributed by atoms with Crippen LogP contribution in [-0.4, -0.2) is 40.2 Å². The van der Waals surface area contributed by atoms with Crippen LogP contribution in [0.1, 0.15) is 18.9 Å². The molecule has 3 aromatic rings. The van der Waals surface area contributed by atoms with Crippen LogP contribution in [0.2, 0.25) is 15.1 Å². The van der Waals surface area contributed by atoms with E-state index in [4.69, 9.17) is 39.5 Å². The maximum atomic E-state index is 12.3. The summed E-state index contributed by atoms with van der Waals surface area (Å²) in [5, 5.41) is 1.12. The van der Waals surface area contributed by atoms with E-state index < -0.39 is 0 Å². The van der Waals surface area contributed by atoms with Crippen molar-refractivity contribution in [1.82, 2.24) is 14.5 Å². The quantitative estimate of drug-likeness (QED) is 0.409. The highest BCUT2D eigenvalue weighted by molar-refractivity contribution is 6.40. The molecule has 3 rings (SSSR count). The molecule has 1 heterocycles. The van der Waals surface area contributed by atoms with Gasteiger partial charge < -0.3 is 9.64 Å². The first-order valence-corrected chi connectivity index (χ1v) is 10.6. The lowest BCUT2D eigenvalue weighted by Gasteiger charge is -2.22. The Labute approximate surface area is 192 Å². The molecule has 0 aliphatic heterocycles. The van der Waals surface area contributed by atoms with Crippen LogP contribution in [0.15, 0.2) is 61.2 Å². The van der Waals surface area contributed by atoms with Crippen LogP contribution in [0.4, 0.5) is 4.79 Å². The minimum Gasteiger partial charge on any atom is -0.489 e. The Kier molecular flexibility index (Phi) is 10.0.